The smallest absolute Gasteiger partial charge is 0.142 e. The summed E-state index contributed by atoms with van der Waals surface area (Å²) in [6.07, 6.45) is 0.818. The molecule has 3 aromatic rings. The molecule has 1 aliphatic heterocycles. The molecule has 0 unspecified atom stereocenters. The first kappa shape index (κ1) is 19.0. The maximum Gasteiger partial charge on any atom is 0.142 e. The van der Waals surface area contributed by atoms with E-state index in [9.17, 15) is 0 Å². The van der Waals surface area contributed by atoms with Gasteiger partial charge in [-0.3, -0.25) is 4.90 Å². The summed E-state index contributed by atoms with van der Waals surface area (Å²) < 4.78 is 7.81. The Morgan fingerprint density at radius 1 is 1.04 bits per heavy atom. The van der Waals surface area contributed by atoms with Gasteiger partial charge >= 0.3 is 0 Å². The summed E-state index contributed by atoms with van der Waals surface area (Å²) >= 11 is 0. The summed E-state index contributed by atoms with van der Waals surface area (Å²) in [4.78, 5) is 7.48. The van der Waals surface area contributed by atoms with Gasteiger partial charge in [0.1, 0.15) is 5.65 Å². The minimum absolute atomic E-state index is 0.818. The maximum absolute atomic E-state index is 6.71. The lowest BCUT2D eigenvalue weighted by Crippen LogP contribution is -2.38. The number of nitrogens with two attached hydrogens (primary N) is 1. The molecule has 4 rings (SSSR count). The fourth-order valence-electron chi connectivity index (χ4n) is 4.22. The fourth-order valence-corrected chi connectivity index (χ4v) is 4.22. The third kappa shape index (κ3) is 3.52. The number of aromatic nitrogens is 2. The highest BCUT2D eigenvalue weighted by atomic mass is 16.5. The highest BCUT2D eigenvalue weighted by Gasteiger charge is 2.20. The van der Waals surface area contributed by atoms with Crippen molar-refractivity contribution in [2.45, 2.75) is 33.7 Å². The van der Waals surface area contributed by atoms with E-state index in [-0.39, 0.29) is 0 Å². The summed E-state index contributed by atoms with van der Waals surface area (Å²) in [7, 11) is 0. The van der Waals surface area contributed by atoms with Crippen molar-refractivity contribution < 1.29 is 4.74 Å². The van der Waals surface area contributed by atoms with Crippen molar-refractivity contribution in [3.63, 3.8) is 0 Å². The number of hydrogen-bond donors (Lipinski definition) is 1. The molecule has 5 nitrogen and oxygen atoms in total. The third-order valence-corrected chi connectivity index (χ3v) is 6.07. The molecule has 5 heteroatoms. The summed E-state index contributed by atoms with van der Waals surface area (Å²) in [5.41, 5.74) is 14.6. The Bertz CT molecular complexity index is 972. The lowest BCUT2D eigenvalue weighted by atomic mass is 9.99. The first-order chi connectivity index (χ1) is 13.6. The molecule has 1 aromatic carbocycles. The van der Waals surface area contributed by atoms with Crippen LogP contribution in [-0.2, 0) is 17.7 Å². The Kier molecular flexibility index (Phi) is 5.38. The second-order valence-corrected chi connectivity index (χ2v) is 7.77. The molecule has 2 N–H and O–H groups in total. The number of aryl methyl sites for hydroxylation is 2. The minimum atomic E-state index is 0.818. The van der Waals surface area contributed by atoms with Crippen molar-refractivity contribution in [3.8, 4) is 0 Å². The van der Waals surface area contributed by atoms with Crippen LogP contribution >= 0.6 is 0 Å². The van der Waals surface area contributed by atoms with E-state index in [1.165, 1.54) is 16.8 Å². The average molecular weight is 379 g/mol. The molecule has 0 spiro atoms. The summed E-state index contributed by atoms with van der Waals surface area (Å²) in [5, 5.41) is 1.12. The predicted octanol–water partition coefficient (Wildman–Crippen LogP) is 3.47. The Hall–Kier alpha value is -2.37. The molecular weight excluding hydrogens is 348 g/mol. The van der Waals surface area contributed by atoms with Gasteiger partial charge in [0.25, 0.3) is 0 Å². The first-order valence-electron chi connectivity index (χ1n) is 10.1. The maximum atomic E-state index is 6.71. The molecule has 0 aliphatic carbocycles. The Labute approximate surface area is 167 Å². The molecule has 0 atom stereocenters. The minimum Gasteiger partial charge on any atom is -0.398 e. The zero-order valence-electron chi connectivity index (χ0n) is 17.2. The number of hydrogen-bond acceptors (Lipinski definition) is 4. The number of nitrogen functional groups attached to an aromatic ring is 1. The van der Waals surface area contributed by atoms with Crippen molar-refractivity contribution >= 4 is 16.7 Å². The Morgan fingerprint density at radius 2 is 1.75 bits per heavy atom. The molecule has 3 heterocycles. The molecule has 0 bridgehead atoms. The van der Waals surface area contributed by atoms with E-state index in [0.29, 0.717) is 0 Å². The van der Waals surface area contributed by atoms with Gasteiger partial charge in [-0.05, 0) is 31.9 Å². The molecule has 1 aliphatic rings. The average Bonchev–Trinajstić information content (AvgIpc) is 2.95. The van der Waals surface area contributed by atoms with Crippen LogP contribution in [0.25, 0.3) is 11.0 Å². The number of ether oxygens (including phenoxy) is 1. The number of fused-ring (bicyclic) bond motifs is 1. The van der Waals surface area contributed by atoms with Gasteiger partial charge in [-0.2, -0.15) is 0 Å². The van der Waals surface area contributed by atoms with Gasteiger partial charge < -0.3 is 15.0 Å². The molecule has 1 saturated heterocycles. The van der Waals surface area contributed by atoms with Crippen LogP contribution in [0.15, 0.2) is 30.3 Å². The highest BCUT2D eigenvalue weighted by Crippen LogP contribution is 2.33. The standard InChI is InChI=1S/C23H30N4O/c1-16-18(3)27(10-9-26-11-13-28-14-12-26)23-21(16)22(24)20(17(2)25-23)15-19-7-5-4-6-8-19/h4-8H,9-15H2,1-3H3,(H2,24,25). The van der Waals surface area contributed by atoms with E-state index in [2.05, 4.69) is 54.5 Å². The van der Waals surface area contributed by atoms with Gasteiger partial charge in [-0.15, -0.1) is 0 Å². The van der Waals surface area contributed by atoms with Crippen molar-refractivity contribution in [2.24, 2.45) is 0 Å². The number of nitrogens with zero attached hydrogens (tertiary/aromatic N) is 3. The molecular formula is C23H30N4O. The topological polar surface area (TPSA) is 56.3 Å². The van der Waals surface area contributed by atoms with Crippen LogP contribution in [-0.4, -0.2) is 47.3 Å². The highest BCUT2D eigenvalue weighted by molar-refractivity contribution is 5.95. The van der Waals surface area contributed by atoms with Crippen molar-refractivity contribution in [3.05, 3.63) is 58.4 Å². The van der Waals surface area contributed by atoms with Crippen LogP contribution in [0.3, 0.4) is 0 Å². The predicted molar refractivity (Wildman–Crippen MR) is 115 cm³/mol. The van der Waals surface area contributed by atoms with Crippen molar-refractivity contribution in [1.29, 1.82) is 0 Å². The number of anilines is 1. The first-order valence-corrected chi connectivity index (χ1v) is 10.1. The zero-order chi connectivity index (χ0) is 19.7. The number of benzene rings is 1. The fraction of sp³-hybridized carbons (Fsp3) is 0.435. The monoisotopic (exact) mass is 378 g/mol. The van der Waals surface area contributed by atoms with E-state index in [1.54, 1.807) is 0 Å². The van der Waals surface area contributed by atoms with Crippen LogP contribution in [0.1, 0.15) is 28.1 Å². The molecule has 0 amide bonds. The SMILES string of the molecule is Cc1nc2c(c(C)c(C)n2CCN2CCOCC2)c(N)c1Cc1ccccc1. The van der Waals surface area contributed by atoms with Crippen LogP contribution in [0.2, 0.25) is 0 Å². The number of rotatable bonds is 5. The molecule has 28 heavy (non-hydrogen) atoms. The molecule has 2 aromatic heterocycles. The third-order valence-electron chi connectivity index (χ3n) is 6.07. The lowest BCUT2D eigenvalue weighted by molar-refractivity contribution is 0.0364. The summed E-state index contributed by atoms with van der Waals surface area (Å²) in [6, 6.07) is 10.5. The Balaban J connectivity index is 1.69. The quantitative estimate of drug-likeness (QED) is 0.739. The Morgan fingerprint density at radius 3 is 2.46 bits per heavy atom. The van der Waals surface area contributed by atoms with Gasteiger partial charge in [-0.25, -0.2) is 4.98 Å². The zero-order valence-corrected chi connectivity index (χ0v) is 17.2. The van der Waals surface area contributed by atoms with Crippen LogP contribution < -0.4 is 5.73 Å². The summed E-state index contributed by atoms with van der Waals surface area (Å²) in [6.45, 7) is 12.1. The normalized spacial score (nSPS) is 15.4. The largest absolute Gasteiger partial charge is 0.398 e. The van der Waals surface area contributed by atoms with E-state index in [4.69, 9.17) is 15.5 Å². The second kappa shape index (κ2) is 7.94. The molecule has 0 saturated carbocycles. The molecule has 148 valence electrons. The summed E-state index contributed by atoms with van der Waals surface area (Å²) in [5.74, 6) is 0. The van der Waals surface area contributed by atoms with Crippen LogP contribution in [0.4, 0.5) is 5.69 Å². The molecule has 1 fully saturated rings. The van der Waals surface area contributed by atoms with Crippen LogP contribution in [0.5, 0.6) is 0 Å². The van der Waals surface area contributed by atoms with Crippen LogP contribution in [0, 0.1) is 20.8 Å². The number of morpholine rings is 1. The van der Waals surface area contributed by atoms with E-state index in [0.717, 1.165) is 73.8 Å². The lowest BCUT2D eigenvalue weighted by Gasteiger charge is -2.27. The van der Waals surface area contributed by atoms with Crippen molar-refractivity contribution in [1.82, 2.24) is 14.5 Å². The molecule has 0 radical (unpaired) electrons. The van der Waals surface area contributed by atoms with Gasteiger partial charge in [0.05, 0.1) is 13.2 Å². The van der Waals surface area contributed by atoms with Gasteiger partial charge in [0, 0.05) is 60.6 Å². The number of pyridine rings is 1. The van der Waals surface area contributed by atoms with Gasteiger partial charge in [0.2, 0.25) is 0 Å². The van der Waals surface area contributed by atoms with Gasteiger partial charge in [-0.1, -0.05) is 30.3 Å². The second-order valence-electron chi connectivity index (χ2n) is 7.77. The van der Waals surface area contributed by atoms with E-state index < -0.39 is 0 Å². The van der Waals surface area contributed by atoms with Gasteiger partial charge in [0.15, 0.2) is 0 Å². The van der Waals surface area contributed by atoms with E-state index >= 15 is 0 Å². The van der Waals surface area contributed by atoms with E-state index in [1.807, 2.05) is 6.07 Å². The van der Waals surface area contributed by atoms with Crippen molar-refractivity contribution in [2.75, 3.05) is 38.6 Å².